The maximum atomic E-state index is 4.02. The molecule has 0 radical (unpaired) electrons. The maximum absolute atomic E-state index is 4.02. The molecule has 0 aliphatic rings. The molecule has 0 saturated carbocycles. The Kier molecular flexibility index (Phi) is 4.09. The second-order valence-electron chi connectivity index (χ2n) is 3.59. The van der Waals surface area contributed by atoms with Crippen molar-refractivity contribution in [2.24, 2.45) is 0 Å². The minimum Gasteiger partial charge on any atom is -0.305 e. The number of thiophene rings is 1. The van der Waals surface area contributed by atoms with Crippen molar-refractivity contribution in [3.63, 3.8) is 0 Å². The van der Waals surface area contributed by atoms with Crippen LogP contribution in [0.1, 0.15) is 23.4 Å². The topological polar surface area (TPSA) is 24.9 Å². The molecule has 0 amide bonds. The van der Waals surface area contributed by atoms with E-state index >= 15 is 0 Å². The zero-order valence-corrected chi connectivity index (χ0v) is 11.4. The molecule has 2 heterocycles. The molecule has 16 heavy (non-hydrogen) atoms. The fourth-order valence-corrected chi connectivity index (χ4v) is 2.90. The highest BCUT2D eigenvalue weighted by molar-refractivity contribution is 9.11. The van der Waals surface area contributed by atoms with E-state index in [4.69, 9.17) is 0 Å². The maximum Gasteiger partial charge on any atom is 0.0701 e. The van der Waals surface area contributed by atoms with Gasteiger partial charge in [-0.1, -0.05) is 0 Å². The van der Waals surface area contributed by atoms with Gasteiger partial charge in [-0.05, 0) is 52.7 Å². The number of nitrogens with one attached hydrogen (secondary N) is 1. The summed E-state index contributed by atoms with van der Waals surface area (Å²) in [5.74, 6) is 0. The third-order valence-corrected chi connectivity index (χ3v) is 4.04. The van der Waals surface area contributed by atoms with Gasteiger partial charge < -0.3 is 5.32 Å². The van der Waals surface area contributed by atoms with E-state index in [0.29, 0.717) is 6.04 Å². The van der Waals surface area contributed by atoms with Crippen LogP contribution in [0.15, 0.2) is 40.4 Å². The highest BCUT2D eigenvalue weighted by atomic mass is 79.9. The number of hydrogen-bond acceptors (Lipinski definition) is 3. The van der Waals surface area contributed by atoms with Crippen LogP contribution in [-0.2, 0) is 6.54 Å². The Bertz CT molecular complexity index is 441. The Labute approximate surface area is 108 Å². The number of halogens is 1. The van der Waals surface area contributed by atoms with Crippen molar-refractivity contribution in [1.82, 2.24) is 10.3 Å². The highest BCUT2D eigenvalue weighted by Gasteiger charge is 2.04. The van der Waals surface area contributed by atoms with E-state index in [1.165, 1.54) is 14.2 Å². The average molecular weight is 297 g/mol. The van der Waals surface area contributed by atoms with E-state index < -0.39 is 0 Å². The fourth-order valence-electron chi connectivity index (χ4n) is 1.47. The standard InChI is InChI=1S/C12H13BrN2S/c1-9(10-4-6-14-7-5-10)15-8-11-2-3-12(13)16-11/h2-7,9,15H,8H2,1H3. The van der Waals surface area contributed by atoms with Crippen molar-refractivity contribution in [1.29, 1.82) is 0 Å². The van der Waals surface area contributed by atoms with Gasteiger partial charge in [-0.3, -0.25) is 4.98 Å². The molecule has 0 aliphatic heterocycles. The molecule has 0 aromatic carbocycles. The Morgan fingerprint density at radius 3 is 2.69 bits per heavy atom. The summed E-state index contributed by atoms with van der Waals surface area (Å²) in [7, 11) is 0. The number of aromatic nitrogens is 1. The number of rotatable bonds is 4. The van der Waals surface area contributed by atoms with Crippen LogP contribution in [0.4, 0.5) is 0 Å². The first kappa shape index (κ1) is 11.8. The summed E-state index contributed by atoms with van der Waals surface area (Å²) in [4.78, 5) is 5.36. The summed E-state index contributed by atoms with van der Waals surface area (Å²) in [6.45, 7) is 3.07. The Morgan fingerprint density at radius 1 is 1.31 bits per heavy atom. The highest BCUT2D eigenvalue weighted by Crippen LogP contribution is 2.22. The van der Waals surface area contributed by atoms with Gasteiger partial charge >= 0.3 is 0 Å². The number of pyridine rings is 1. The predicted octanol–water partition coefficient (Wildman–Crippen LogP) is 3.76. The van der Waals surface area contributed by atoms with E-state index in [9.17, 15) is 0 Å². The van der Waals surface area contributed by atoms with Crippen molar-refractivity contribution in [2.45, 2.75) is 19.5 Å². The molecule has 2 rings (SSSR count). The SMILES string of the molecule is CC(NCc1ccc(Br)s1)c1ccncc1. The summed E-state index contributed by atoms with van der Waals surface area (Å²) in [6, 6.07) is 8.66. The summed E-state index contributed by atoms with van der Waals surface area (Å²) in [5.41, 5.74) is 1.27. The molecule has 84 valence electrons. The van der Waals surface area contributed by atoms with Crippen molar-refractivity contribution in [3.8, 4) is 0 Å². The lowest BCUT2D eigenvalue weighted by Crippen LogP contribution is -2.17. The number of hydrogen-bond donors (Lipinski definition) is 1. The van der Waals surface area contributed by atoms with Gasteiger partial charge in [0.1, 0.15) is 0 Å². The molecule has 4 heteroatoms. The molecule has 0 fully saturated rings. The lowest BCUT2D eigenvalue weighted by atomic mass is 10.1. The van der Waals surface area contributed by atoms with Crippen LogP contribution < -0.4 is 5.32 Å². The van der Waals surface area contributed by atoms with Crippen molar-refractivity contribution >= 4 is 27.3 Å². The normalized spacial score (nSPS) is 12.6. The van der Waals surface area contributed by atoms with Gasteiger partial charge in [0.25, 0.3) is 0 Å². The quantitative estimate of drug-likeness (QED) is 0.929. The first-order valence-corrected chi connectivity index (χ1v) is 6.74. The lowest BCUT2D eigenvalue weighted by Gasteiger charge is -2.12. The molecule has 1 atom stereocenters. The zero-order chi connectivity index (χ0) is 11.4. The van der Waals surface area contributed by atoms with Crippen LogP contribution in [0.25, 0.3) is 0 Å². The molecule has 2 aromatic rings. The monoisotopic (exact) mass is 296 g/mol. The van der Waals surface area contributed by atoms with Gasteiger partial charge in [-0.2, -0.15) is 0 Å². The van der Waals surface area contributed by atoms with Gasteiger partial charge in [0, 0.05) is 29.9 Å². The van der Waals surface area contributed by atoms with Gasteiger partial charge in [0.2, 0.25) is 0 Å². The lowest BCUT2D eigenvalue weighted by molar-refractivity contribution is 0.578. The second kappa shape index (κ2) is 5.57. The minimum atomic E-state index is 0.351. The molecule has 0 bridgehead atoms. The van der Waals surface area contributed by atoms with Crippen LogP contribution in [0.5, 0.6) is 0 Å². The van der Waals surface area contributed by atoms with Crippen molar-refractivity contribution in [2.75, 3.05) is 0 Å². The van der Waals surface area contributed by atoms with Gasteiger partial charge in [0.15, 0.2) is 0 Å². The molecule has 1 unspecified atom stereocenters. The van der Waals surface area contributed by atoms with Crippen LogP contribution in [0, 0.1) is 0 Å². The van der Waals surface area contributed by atoms with Gasteiger partial charge in [-0.15, -0.1) is 11.3 Å². The van der Waals surface area contributed by atoms with Crippen LogP contribution in [0.2, 0.25) is 0 Å². The summed E-state index contributed by atoms with van der Waals surface area (Å²) < 4.78 is 1.18. The molecule has 2 aromatic heterocycles. The molecule has 1 N–H and O–H groups in total. The molecular formula is C12H13BrN2S. The molecule has 2 nitrogen and oxygen atoms in total. The third-order valence-electron chi connectivity index (χ3n) is 2.42. The van der Waals surface area contributed by atoms with Crippen LogP contribution in [-0.4, -0.2) is 4.98 Å². The van der Waals surface area contributed by atoms with E-state index in [0.717, 1.165) is 6.54 Å². The van der Waals surface area contributed by atoms with E-state index in [1.807, 2.05) is 24.5 Å². The third kappa shape index (κ3) is 3.14. The largest absolute Gasteiger partial charge is 0.305 e. The fraction of sp³-hybridized carbons (Fsp3) is 0.250. The van der Waals surface area contributed by atoms with Crippen LogP contribution in [0.3, 0.4) is 0 Å². The summed E-state index contributed by atoms with van der Waals surface area (Å²) in [6.07, 6.45) is 3.66. The van der Waals surface area contributed by atoms with Crippen molar-refractivity contribution in [3.05, 3.63) is 50.9 Å². The summed E-state index contributed by atoms with van der Waals surface area (Å²) in [5, 5.41) is 3.49. The average Bonchev–Trinajstić information content (AvgIpc) is 2.73. The molecular weight excluding hydrogens is 284 g/mol. The van der Waals surface area contributed by atoms with E-state index in [-0.39, 0.29) is 0 Å². The van der Waals surface area contributed by atoms with Crippen molar-refractivity contribution < 1.29 is 0 Å². The Morgan fingerprint density at radius 2 is 2.06 bits per heavy atom. The Balaban J connectivity index is 1.91. The second-order valence-corrected chi connectivity index (χ2v) is 6.14. The van der Waals surface area contributed by atoms with E-state index in [1.54, 1.807) is 11.3 Å². The van der Waals surface area contributed by atoms with Gasteiger partial charge in [-0.25, -0.2) is 0 Å². The first-order valence-electron chi connectivity index (χ1n) is 5.13. The van der Waals surface area contributed by atoms with Gasteiger partial charge in [0.05, 0.1) is 3.79 Å². The molecule has 0 aliphatic carbocycles. The minimum absolute atomic E-state index is 0.351. The molecule has 0 spiro atoms. The summed E-state index contributed by atoms with van der Waals surface area (Å²) >= 11 is 5.23. The zero-order valence-electron chi connectivity index (χ0n) is 8.98. The smallest absolute Gasteiger partial charge is 0.0701 e. The van der Waals surface area contributed by atoms with E-state index in [2.05, 4.69) is 45.3 Å². The first-order chi connectivity index (χ1) is 7.75. The number of nitrogens with zero attached hydrogens (tertiary/aromatic N) is 1. The Hall–Kier alpha value is -0.710. The predicted molar refractivity (Wildman–Crippen MR) is 71.5 cm³/mol. The van der Waals surface area contributed by atoms with Crippen LogP contribution >= 0.6 is 27.3 Å². The molecule has 0 saturated heterocycles.